The van der Waals surface area contributed by atoms with Crippen molar-refractivity contribution < 1.29 is 0 Å². The normalized spacial score (nSPS) is 17.0. The highest BCUT2D eigenvalue weighted by Gasteiger charge is 2.22. The Labute approximate surface area is 130 Å². The topological polar surface area (TPSA) is 56.1 Å². The minimum Gasteiger partial charge on any atom is -0.354 e. The number of nitriles is 1. The predicted molar refractivity (Wildman–Crippen MR) is 85.4 cm³/mol. The van der Waals surface area contributed by atoms with E-state index in [4.69, 9.17) is 5.26 Å². The molecule has 112 valence electrons. The molecule has 0 radical (unpaired) electrons. The highest BCUT2D eigenvalue weighted by Crippen LogP contribution is 2.22. The molecule has 1 saturated heterocycles. The Morgan fingerprint density at radius 3 is 2.55 bits per heavy atom. The fraction of sp³-hybridized carbons (Fsp3) is 0.353. The number of anilines is 1. The van der Waals surface area contributed by atoms with Crippen LogP contribution in [0.4, 0.5) is 5.82 Å². The maximum Gasteiger partial charge on any atom is 0.128 e. The molecule has 3 heterocycles. The van der Waals surface area contributed by atoms with Gasteiger partial charge in [0, 0.05) is 50.8 Å². The van der Waals surface area contributed by atoms with Crippen molar-refractivity contribution in [2.24, 2.45) is 0 Å². The van der Waals surface area contributed by atoms with Crippen molar-refractivity contribution in [1.29, 1.82) is 5.26 Å². The first-order valence-corrected chi connectivity index (χ1v) is 7.53. The van der Waals surface area contributed by atoms with E-state index >= 15 is 0 Å². The average molecular weight is 293 g/mol. The van der Waals surface area contributed by atoms with Gasteiger partial charge in [-0.25, -0.2) is 4.98 Å². The van der Waals surface area contributed by atoms with E-state index in [-0.39, 0.29) is 0 Å². The largest absolute Gasteiger partial charge is 0.354 e. The zero-order valence-electron chi connectivity index (χ0n) is 12.7. The molecule has 1 fully saturated rings. The fourth-order valence-electron chi connectivity index (χ4n) is 2.81. The highest BCUT2D eigenvalue weighted by molar-refractivity contribution is 5.42. The van der Waals surface area contributed by atoms with Crippen LogP contribution in [0.25, 0.3) is 0 Å². The van der Waals surface area contributed by atoms with Gasteiger partial charge in [-0.3, -0.25) is 9.88 Å². The van der Waals surface area contributed by atoms with Crippen LogP contribution in [0.15, 0.2) is 42.9 Å². The molecule has 1 aliphatic rings. The smallest absolute Gasteiger partial charge is 0.128 e. The monoisotopic (exact) mass is 293 g/mol. The molecule has 0 bridgehead atoms. The fourth-order valence-corrected chi connectivity index (χ4v) is 2.81. The number of pyridine rings is 2. The molecule has 2 aromatic rings. The average Bonchev–Trinajstić information content (AvgIpc) is 2.62. The first-order valence-electron chi connectivity index (χ1n) is 7.53. The summed E-state index contributed by atoms with van der Waals surface area (Å²) < 4.78 is 0. The van der Waals surface area contributed by atoms with Crippen molar-refractivity contribution in [2.75, 3.05) is 31.1 Å². The Bertz CT molecular complexity index is 639. The second kappa shape index (κ2) is 6.54. The molecule has 0 aliphatic carbocycles. The van der Waals surface area contributed by atoms with Gasteiger partial charge in [-0.15, -0.1) is 0 Å². The molecule has 0 N–H and O–H groups in total. The standard InChI is InChI=1S/C17H19N5/c1-14(16-3-2-6-19-13-16)21-7-9-22(10-8-21)17-5-4-15(11-18)12-20-17/h2-6,12-14H,7-10H2,1H3. The molecular weight excluding hydrogens is 274 g/mol. The van der Waals surface area contributed by atoms with Crippen LogP contribution < -0.4 is 4.90 Å². The lowest BCUT2D eigenvalue weighted by Crippen LogP contribution is -2.47. The first-order chi connectivity index (χ1) is 10.8. The zero-order valence-corrected chi connectivity index (χ0v) is 12.7. The van der Waals surface area contributed by atoms with Gasteiger partial charge in [-0.2, -0.15) is 5.26 Å². The third kappa shape index (κ3) is 3.07. The summed E-state index contributed by atoms with van der Waals surface area (Å²) in [6.07, 6.45) is 5.39. The Morgan fingerprint density at radius 1 is 1.14 bits per heavy atom. The molecule has 22 heavy (non-hydrogen) atoms. The van der Waals surface area contributed by atoms with Gasteiger partial charge in [0.25, 0.3) is 0 Å². The van der Waals surface area contributed by atoms with Crippen LogP contribution in [-0.4, -0.2) is 41.0 Å². The summed E-state index contributed by atoms with van der Waals surface area (Å²) in [5.74, 6) is 0.952. The number of aromatic nitrogens is 2. The van der Waals surface area contributed by atoms with E-state index < -0.39 is 0 Å². The second-order valence-electron chi connectivity index (χ2n) is 5.50. The van der Waals surface area contributed by atoms with E-state index in [1.54, 1.807) is 6.20 Å². The van der Waals surface area contributed by atoms with Gasteiger partial charge >= 0.3 is 0 Å². The molecule has 3 rings (SSSR count). The van der Waals surface area contributed by atoms with Gasteiger partial charge in [0.05, 0.1) is 5.56 Å². The molecule has 0 aromatic carbocycles. The van der Waals surface area contributed by atoms with Crippen molar-refractivity contribution in [3.63, 3.8) is 0 Å². The van der Waals surface area contributed by atoms with Gasteiger partial charge in [0.1, 0.15) is 11.9 Å². The van der Waals surface area contributed by atoms with E-state index in [0.717, 1.165) is 32.0 Å². The summed E-state index contributed by atoms with van der Waals surface area (Å²) in [6.45, 7) is 6.12. The Morgan fingerprint density at radius 2 is 1.95 bits per heavy atom. The van der Waals surface area contributed by atoms with Crippen LogP contribution in [-0.2, 0) is 0 Å². The third-order valence-electron chi connectivity index (χ3n) is 4.23. The van der Waals surface area contributed by atoms with Crippen LogP contribution in [0.5, 0.6) is 0 Å². The maximum absolute atomic E-state index is 8.83. The molecule has 1 atom stereocenters. The second-order valence-corrected chi connectivity index (χ2v) is 5.50. The van der Waals surface area contributed by atoms with Gasteiger partial charge in [0.15, 0.2) is 0 Å². The number of hydrogen-bond acceptors (Lipinski definition) is 5. The van der Waals surface area contributed by atoms with Crippen LogP contribution in [0.2, 0.25) is 0 Å². The van der Waals surface area contributed by atoms with Crippen LogP contribution >= 0.6 is 0 Å². The summed E-state index contributed by atoms with van der Waals surface area (Å²) in [7, 11) is 0. The first kappa shape index (κ1) is 14.5. The lowest BCUT2D eigenvalue weighted by Gasteiger charge is -2.38. The number of hydrogen-bond donors (Lipinski definition) is 0. The van der Waals surface area contributed by atoms with Crippen molar-refractivity contribution >= 4 is 5.82 Å². The summed E-state index contributed by atoms with van der Waals surface area (Å²) in [4.78, 5) is 13.3. The molecule has 5 heteroatoms. The van der Waals surface area contributed by atoms with E-state index in [2.05, 4.69) is 38.8 Å². The molecule has 0 saturated carbocycles. The number of rotatable bonds is 3. The van der Waals surface area contributed by atoms with Crippen molar-refractivity contribution in [3.8, 4) is 6.07 Å². The highest BCUT2D eigenvalue weighted by atomic mass is 15.3. The Hall–Kier alpha value is -2.45. The summed E-state index contributed by atoms with van der Waals surface area (Å²) in [5.41, 5.74) is 1.86. The summed E-state index contributed by atoms with van der Waals surface area (Å²) >= 11 is 0. The SMILES string of the molecule is CC(c1cccnc1)N1CCN(c2ccc(C#N)cn2)CC1. The predicted octanol–water partition coefficient (Wildman–Crippen LogP) is 2.23. The molecule has 0 spiro atoms. The van der Waals surface area contributed by atoms with E-state index in [9.17, 15) is 0 Å². The summed E-state index contributed by atoms with van der Waals surface area (Å²) in [5, 5.41) is 8.83. The molecule has 1 unspecified atom stereocenters. The Kier molecular flexibility index (Phi) is 4.31. The molecule has 0 amide bonds. The van der Waals surface area contributed by atoms with E-state index in [1.807, 2.05) is 30.6 Å². The maximum atomic E-state index is 8.83. The quantitative estimate of drug-likeness (QED) is 0.868. The van der Waals surface area contributed by atoms with Crippen molar-refractivity contribution in [1.82, 2.24) is 14.9 Å². The lowest BCUT2D eigenvalue weighted by molar-refractivity contribution is 0.198. The third-order valence-corrected chi connectivity index (χ3v) is 4.23. The van der Waals surface area contributed by atoms with E-state index in [1.165, 1.54) is 5.56 Å². The van der Waals surface area contributed by atoms with Gasteiger partial charge in [-0.05, 0) is 30.7 Å². The van der Waals surface area contributed by atoms with Gasteiger partial charge in [0.2, 0.25) is 0 Å². The molecule has 2 aromatic heterocycles. The Balaban J connectivity index is 1.61. The minimum atomic E-state index is 0.379. The van der Waals surface area contributed by atoms with Crippen molar-refractivity contribution in [2.45, 2.75) is 13.0 Å². The zero-order chi connectivity index (χ0) is 15.4. The number of nitrogens with zero attached hydrogens (tertiary/aromatic N) is 5. The molecule has 1 aliphatic heterocycles. The molecular formula is C17H19N5. The van der Waals surface area contributed by atoms with Crippen LogP contribution in [0, 0.1) is 11.3 Å². The van der Waals surface area contributed by atoms with E-state index in [0.29, 0.717) is 11.6 Å². The minimum absolute atomic E-state index is 0.379. The summed E-state index contributed by atoms with van der Waals surface area (Å²) in [6, 6.07) is 10.4. The van der Waals surface area contributed by atoms with Crippen molar-refractivity contribution in [3.05, 3.63) is 54.0 Å². The number of piperazine rings is 1. The van der Waals surface area contributed by atoms with Gasteiger partial charge < -0.3 is 4.90 Å². The molecule has 5 nitrogen and oxygen atoms in total. The van der Waals surface area contributed by atoms with Gasteiger partial charge in [-0.1, -0.05) is 6.07 Å². The van der Waals surface area contributed by atoms with Crippen LogP contribution in [0.3, 0.4) is 0 Å². The van der Waals surface area contributed by atoms with Crippen LogP contribution in [0.1, 0.15) is 24.1 Å². The lowest BCUT2D eigenvalue weighted by atomic mass is 10.1.